The largest absolute Gasteiger partial charge is 0.508 e. The Bertz CT molecular complexity index is 1140. The number of benzene rings is 2. The fourth-order valence-corrected chi connectivity index (χ4v) is 2.62. The third-order valence-electron chi connectivity index (χ3n) is 3.95. The standard InChI is InChI=1S/C20H14N4O3/c25-15-6-4-12(5-7-15)17-11-21-16-8-9-18(24-19(16)23-17)22-14-3-1-2-13(10-14)20(26)27/h1-11,25H,(H,26,27)(H,22,23,24). The molecule has 4 rings (SSSR count). The van der Waals surface area contributed by atoms with Crippen LogP contribution in [0.3, 0.4) is 0 Å². The first-order valence-electron chi connectivity index (χ1n) is 8.12. The SMILES string of the molecule is O=C(O)c1cccc(Nc2ccc3ncc(-c4ccc(O)cc4)nc3n2)c1. The van der Waals surface area contributed by atoms with Crippen molar-refractivity contribution in [1.29, 1.82) is 0 Å². The van der Waals surface area contributed by atoms with Gasteiger partial charge in [-0.05, 0) is 54.6 Å². The smallest absolute Gasteiger partial charge is 0.335 e. The van der Waals surface area contributed by atoms with E-state index in [1.165, 1.54) is 12.1 Å². The van der Waals surface area contributed by atoms with Crippen molar-refractivity contribution in [3.63, 3.8) is 0 Å². The average molecular weight is 358 g/mol. The summed E-state index contributed by atoms with van der Waals surface area (Å²) in [7, 11) is 0. The number of rotatable bonds is 4. The van der Waals surface area contributed by atoms with Crippen molar-refractivity contribution in [1.82, 2.24) is 15.0 Å². The van der Waals surface area contributed by atoms with E-state index in [2.05, 4.69) is 20.3 Å². The first-order valence-corrected chi connectivity index (χ1v) is 8.12. The van der Waals surface area contributed by atoms with Crippen LogP contribution < -0.4 is 5.32 Å². The molecule has 7 nitrogen and oxygen atoms in total. The van der Waals surface area contributed by atoms with Gasteiger partial charge in [-0.25, -0.2) is 14.8 Å². The average Bonchev–Trinajstić information content (AvgIpc) is 2.68. The number of carbonyl (C=O) groups is 1. The molecule has 2 heterocycles. The molecule has 0 fully saturated rings. The Hall–Kier alpha value is -4.00. The molecule has 0 radical (unpaired) electrons. The third-order valence-corrected chi connectivity index (χ3v) is 3.95. The van der Waals surface area contributed by atoms with Gasteiger partial charge in [0.05, 0.1) is 17.5 Å². The van der Waals surface area contributed by atoms with Crippen molar-refractivity contribution in [2.75, 3.05) is 5.32 Å². The third kappa shape index (κ3) is 3.52. The molecule has 27 heavy (non-hydrogen) atoms. The van der Waals surface area contributed by atoms with E-state index in [0.717, 1.165) is 5.56 Å². The maximum absolute atomic E-state index is 11.1. The molecular formula is C20H14N4O3. The Morgan fingerprint density at radius 1 is 0.963 bits per heavy atom. The lowest BCUT2D eigenvalue weighted by Gasteiger charge is -2.08. The minimum atomic E-state index is -0.991. The normalized spacial score (nSPS) is 10.7. The lowest BCUT2D eigenvalue weighted by molar-refractivity contribution is 0.0697. The van der Waals surface area contributed by atoms with Crippen molar-refractivity contribution in [2.24, 2.45) is 0 Å². The quantitative estimate of drug-likeness (QED) is 0.508. The Labute approximate surface area is 154 Å². The number of carboxylic acid groups (broad SMARTS) is 1. The highest BCUT2D eigenvalue weighted by molar-refractivity contribution is 5.89. The van der Waals surface area contributed by atoms with Crippen LogP contribution in [0.2, 0.25) is 0 Å². The number of aromatic nitrogens is 3. The van der Waals surface area contributed by atoms with E-state index in [-0.39, 0.29) is 11.3 Å². The minimum absolute atomic E-state index is 0.181. The van der Waals surface area contributed by atoms with Gasteiger partial charge >= 0.3 is 5.97 Å². The Morgan fingerprint density at radius 3 is 2.56 bits per heavy atom. The van der Waals surface area contributed by atoms with Gasteiger partial charge in [-0.15, -0.1) is 0 Å². The zero-order valence-electron chi connectivity index (χ0n) is 14.0. The summed E-state index contributed by atoms with van der Waals surface area (Å²) in [4.78, 5) is 24.5. The lowest BCUT2D eigenvalue weighted by Crippen LogP contribution is -1.99. The molecule has 2 aromatic carbocycles. The molecule has 0 aliphatic heterocycles. The summed E-state index contributed by atoms with van der Waals surface area (Å²) in [6.45, 7) is 0. The van der Waals surface area contributed by atoms with Gasteiger partial charge < -0.3 is 15.5 Å². The van der Waals surface area contributed by atoms with Gasteiger partial charge in [-0.3, -0.25) is 4.98 Å². The second-order valence-corrected chi connectivity index (χ2v) is 5.85. The number of phenolic OH excluding ortho intramolecular Hbond substituents is 1. The number of hydrogen-bond acceptors (Lipinski definition) is 6. The molecule has 0 unspecified atom stereocenters. The highest BCUT2D eigenvalue weighted by atomic mass is 16.4. The zero-order chi connectivity index (χ0) is 18.8. The van der Waals surface area contributed by atoms with E-state index in [0.29, 0.717) is 28.4 Å². The van der Waals surface area contributed by atoms with Crippen molar-refractivity contribution >= 4 is 28.6 Å². The number of aromatic carboxylic acids is 1. The molecule has 0 bridgehead atoms. The van der Waals surface area contributed by atoms with E-state index < -0.39 is 5.97 Å². The summed E-state index contributed by atoms with van der Waals surface area (Å²) < 4.78 is 0. The number of anilines is 2. The van der Waals surface area contributed by atoms with Gasteiger partial charge in [-0.2, -0.15) is 0 Å². The number of aromatic hydroxyl groups is 1. The van der Waals surface area contributed by atoms with Crippen molar-refractivity contribution in [3.8, 4) is 17.0 Å². The van der Waals surface area contributed by atoms with Gasteiger partial charge in [-0.1, -0.05) is 6.07 Å². The van der Waals surface area contributed by atoms with Gasteiger partial charge in [0, 0.05) is 11.3 Å². The lowest BCUT2D eigenvalue weighted by atomic mass is 10.1. The molecule has 2 aromatic heterocycles. The summed E-state index contributed by atoms with van der Waals surface area (Å²) >= 11 is 0. The van der Waals surface area contributed by atoms with Crippen LogP contribution in [0.4, 0.5) is 11.5 Å². The summed E-state index contributed by atoms with van der Waals surface area (Å²) in [5.74, 6) is -0.280. The first kappa shape index (κ1) is 16.5. The van der Waals surface area contributed by atoms with E-state index in [1.54, 1.807) is 54.7 Å². The summed E-state index contributed by atoms with van der Waals surface area (Å²) in [6.07, 6.45) is 1.65. The topological polar surface area (TPSA) is 108 Å². The van der Waals surface area contributed by atoms with Gasteiger partial charge in [0.2, 0.25) is 0 Å². The van der Waals surface area contributed by atoms with Crippen LogP contribution in [-0.4, -0.2) is 31.1 Å². The maximum Gasteiger partial charge on any atom is 0.335 e. The molecule has 4 aromatic rings. The molecule has 0 amide bonds. The molecule has 3 N–H and O–H groups in total. The van der Waals surface area contributed by atoms with Crippen LogP contribution in [0.5, 0.6) is 5.75 Å². The molecule has 0 aliphatic rings. The van der Waals surface area contributed by atoms with Crippen LogP contribution in [0.15, 0.2) is 66.9 Å². The Balaban J connectivity index is 1.67. The predicted octanol–water partition coefficient (Wildman–Crippen LogP) is 3.84. The highest BCUT2D eigenvalue weighted by Crippen LogP contribution is 2.22. The van der Waals surface area contributed by atoms with E-state index in [4.69, 9.17) is 5.11 Å². The summed E-state index contributed by atoms with van der Waals surface area (Å²) in [5.41, 5.74) is 3.36. The molecule has 0 spiro atoms. The van der Waals surface area contributed by atoms with Crippen LogP contribution in [0.1, 0.15) is 10.4 Å². The Morgan fingerprint density at radius 2 is 1.78 bits per heavy atom. The highest BCUT2D eigenvalue weighted by Gasteiger charge is 2.07. The maximum atomic E-state index is 11.1. The second-order valence-electron chi connectivity index (χ2n) is 5.85. The zero-order valence-corrected chi connectivity index (χ0v) is 14.0. The number of hydrogen-bond donors (Lipinski definition) is 3. The monoisotopic (exact) mass is 358 g/mol. The van der Waals surface area contributed by atoms with Gasteiger partial charge in [0.25, 0.3) is 0 Å². The molecule has 132 valence electrons. The van der Waals surface area contributed by atoms with Gasteiger partial charge in [0.1, 0.15) is 17.1 Å². The van der Waals surface area contributed by atoms with E-state index in [1.807, 2.05) is 0 Å². The van der Waals surface area contributed by atoms with Crippen molar-refractivity contribution < 1.29 is 15.0 Å². The van der Waals surface area contributed by atoms with Crippen LogP contribution >= 0.6 is 0 Å². The molecule has 0 aliphatic carbocycles. The number of phenols is 1. The number of nitrogens with zero attached hydrogens (tertiary/aromatic N) is 3. The molecule has 7 heteroatoms. The second kappa shape index (κ2) is 6.72. The summed E-state index contributed by atoms with van der Waals surface area (Å²) in [5, 5.41) is 21.6. The van der Waals surface area contributed by atoms with Crippen LogP contribution in [0, 0.1) is 0 Å². The Kier molecular flexibility index (Phi) is 4.10. The molecule has 0 saturated carbocycles. The van der Waals surface area contributed by atoms with Crippen molar-refractivity contribution in [2.45, 2.75) is 0 Å². The minimum Gasteiger partial charge on any atom is -0.508 e. The van der Waals surface area contributed by atoms with Crippen LogP contribution in [0.25, 0.3) is 22.4 Å². The van der Waals surface area contributed by atoms with E-state index in [9.17, 15) is 9.90 Å². The molecule has 0 atom stereocenters. The number of pyridine rings is 1. The summed E-state index contributed by atoms with van der Waals surface area (Å²) in [6, 6.07) is 16.7. The fraction of sp³-hybridized carbons (Fsp3) is 0. The van der Waals surface area contributed by atoms with Crippen molar-refractivity contribution in [3.05, 3.63) is 72.4 Å². The fourth-order valence-electron chi connectivity index (χ4n) is 2.62. The number of fused-ring (bicyclic) bond motifs is 1. The van der Waals surface area contributed by atoms with Gasteiger partial charge in [0.15, 0.2) is 5.65 Å². The number of carboxylic acids is 1. The van der Waals surface area contributed by atoms with E-state index >= 15 is 0 Å². The van der Waals surface area contributed by atoms with Crippen LogP contribution in [-0.2, 0) is 0 Å². The molecule has 0 saturated heterocycles. The first-order chi connectivity index (χ1) is 13.1. The molecular weight excluding hydrogens is 344 g/mol. The predicted molar refractivity (Wildman–Crippen MR) is 101 cm³/mol. The number of nitrogens with one attached hydrogen (secondary N) is 1.